The first-order valence-electron chi connectivity index (χ1n) is 9.60. The van der Waals surface area contributed by atoms with Gasteiger partial charge in [-0.3, -0.25) is 0 Å². The molecule has 2 aliphatic rings. The molecule has 2 aromatic carbocycles. The standard InChI is InChI=1S/C24H30N2/c1-16-14-22(2,3)25-20-12-11-17(13-18(16)20)24(6)15-23(4,5)26-21-10-8-7-9-19(21)24/h7-14,25-26H,15H2,1-6H3. The summed E-state index contributed by atoms with van der Waals surface area (Å²) in [6.45, 7) is 13.7. The van der Waals surface area contributed by atoms with E-state index in [1.807, 2.05) is 0 Å². The van der Waals surface area contributed by atoms with Gasteiger partial charge in [-0.1, -0.05) is 37.3 Å². The fourth-order valence-electron chi connectivity index (χ4n) is 5.04. The molecule has 26 heavy (non-hydrogen) atoms. The Morgan fingerprint density at radius 2 is 1.58 bits per heavy atom. The molecule has 0 aromatic heterocycles. The van der Waals surface area contributed by atoms with E-state index in [0.717, 1.165) is 6.42 Å². The van der Waals surface area contributed by atoms with Gasteiger partial charge in [0.05, 0.1) is 5.54 Å². The van der Waals surface area contributed by atoms with Crippen LogP contribution in [-0.4, -0.2) is 11.1 Å². The Bertz CT molecular complexity index is 904. The monoisotopic (exact) mass is 346 g/mol. The van der Waals surface area contributed by atoms with Crippen molar-refractivity contribution in [3.8, 4) is 0 Å². The molecular weight excluding hydrogens is 316 g/mol. The fourth-order valence-corrected chi connectivity index (χ4v) is 5.04. The van der Waals surface area contributed by atoms with E-state index in [0.29, 0.717) is 0 Å². The smallest absolute Gasteiger partial charge is 0.0505 e. The van der Waals surface area contributed by atoms with Gasteiger partial charge in [0, 0.05) is 27.9 Å². The van der Waals surface area contributed by atoms with Gasteiger partial charge in [0.15, 0.2) is 0 Å². The lowest BCUT2D eigenvalue weighted by atomic mass is 9.65. The van der Waals surface area contributed by atoms with E-state index >= 15 is 0 Å². The molecule has 0 saturated heterocycles. The Labute approximate surface area is 157 Å². The Balaban J connectivity index is 1.87. The zero-order chi connectivity index (χ0) is 18.7. The fraction of sp³-hybridized carbons (Fsp3) is 0.417. The third kappa shape index (κ3) is 2.72. The van der Waals surface area contributed by atoms with Crippen molar-refractivity contribution in [3.05, 3.63) is 65.2 Å². The number of rotatable bonds is 1. The molecule has 2 aliphatic heterocycles. The highest BCUT2D eigenvalue weighted by Gasteiger charge is 2.41. The first-order valence-corrected chi connectivity index (χ1v) is 9.60. The van der Waals surface area contributed by atoms with Crippen LogP contribution < -0.4 is 10.6 Å². The molecule has 2 heteroatoms. The summed E-state index contributed by atoms with van der Waals surface area (Å²) in [5, 5.41) is 7.38. The van der Waals surface area contributed by atoms with Crippen molar-refractivity contribution in [3.63, 3.8) is 0 Å². The van der Waals surface area contributed by atoms with E-state index in [2.05, 4.69) is 101 Å². The van der Waals surface area contributed by atoms with Gasteiger partial charge in [-0.25, -0.2) is 0 Å². The second-order valence-electron chi connectivity index (χ2n) is 9.50. The Morgan fingerprint density at radius 3 is 2.35 bits per heavy atom. The molecular formula is C24H30N2. The van der Waals surface area contributed by atoms with Crippen molar-refractivity contribution in [2.45, 2.75) is 64.5 Å². The van der Waals surface area contributed by atoms with Crippen LogP contribution >= 0.6 is 0 Å². The number of hydrogen-bond donors (Lipinski definition) is 2. The van der Waals surface area contributed by atoms with Crippen molar-refractivity contribution in [2.75, 3.05) is 10.6 Å². The van der Waals surface area contributed by atoms with Crippen LogP contribution in [0, 0.1) is 0 Å². The summed E-state index contributed by atoms with van der Waals surface area (Å²) in [6, 6.07) is 15.8. The SMILES string of the molecule is CC1=CC(C)(C)Nc2ccc(C3(C)CC(C)(C)Nc4ccccc43)cc21. The van der Waals surface area contributed by atoms with Crippen LogP contribution in [0.5, 0.6) is 0 Å². The van der Waals surface area contributed by atoms with Crippen LogP contribution in [0.3, 0.4) is 0 Å². The average molecular weight is 347 g/mol. The van der Waals surface area contributed by atoms with Crippen molar-refractivity contribution < 1.29 is 0 Å². The molecule has 0 saturated carbocycles. The van der Waals surface area contributed by atoms with Crippen molar-refractivity contribution in [2.24, 2.45) is 0 Å². The second kappa shape index (κ2) is 5.39. The molecule has 1 atom stereocenters. The predicted molar refractivity (Wildman–Crippen MR) is 113 cm³/mol. The van der Waals surface area contributed by atoms with Crippen LogP contribution in [0.15, 0.2) is 48.5 Å². The first-order chi connectivity index (χ1) is 12.1. The van der Waals surface area contributed by atoms with Crippen molar-refractivity contribution >= 4 is 16.9 Å². The Hall–Kier alpha value is -2.22. The molecule has 2 nitrogen and oxygen atoms in total. The Kier molecular flexibility index (Phi) is 3.57. The Morgan fingerprint density at radius 1 is 0.846 bits per heavy atom. The largest absolute Gasteiger partial charge is 0.380 e. The minimum absolute atomic E-state index is 0.00580. The number of nitrogens with one attached hydrogen (secondary N) is 2. The third-order valence-corrected chi connectivity index (χ3v) is 5.91. The summed E-state index contributed by atoms with van der Waals surface area (Å²) in [4.78, 5) is 0. The lowest BCUT2D eigenvalue weighted by molar-refractivity contribution is 0.378. The van der Waals surface area contributed by atoms with Gasteiger partial charge in [0.1, 0.15) is 0 Å². The van der Waals surface area contributed by atoms with E-state index in [1.165, 1.54) is 33.6 Å². The van der Waals surface area contributed by atoms with Crippen LogP contribution in [0.4, 0.5) is 11.4 Å². The number of hydrogen-bond acceptors (Lipinski definition) is 2. The van der Waals surface area contributed by atoms with Gasteiger partial charge in [0.25, 0.3) is 0 Å². The zero-order valence-corrected chi connectivity index (χ0v) is 16.8. The summed E-state index contributed by atoms with van der Waals surface area (Å²) in [6.07, 6.45) is 3.40. The molecule has 136 valence electrons. The molecule has 0 bridgehead atoms. The summed E-state index contributed by atoms with van der Waals surface area (Å²) in [5.41, 5.74) is 8.04. The van der Waals surface area contributed by atoms with Gasteiger partial charge >= 0.3 is 0 Å². The molecule has 0 amide bonds. The van der Waals surface area contributed by atoms with Gasteiger partial charge in [-0.15, -0.1) is 0 Å². The van der Waals surface area contributed by atoms with Crippen molar-refractivity contribution in [1.82, 2.24) is 0 Å². The molecule has 1 unspecified atom stereocenters. The highest BCUT2D eigenvalue weighted by atomic mass is 15.0. The predicted octanol–water partition coefficient (Wildman–Crippen LogP) is 6.19. The van der Waals surface area contributed by atoms with Crippen LogP contribution in [0.25, 0.3) is 5.57 Å². The summed E-state index contributed by atoms with van der Waals surface area (Å²) >= 11 is 0. The maximum atomic E-state index is 3.72. The van der Waals surface area contributed by atoms with Crippen LogP contribution in [0.1, 0.15) is 64.7 Å². The highest BCUT2D eigenvalue weighted by molar-refractivity contribution is 5.81. The maximum absolute atomic E-state index is 3.72. The molecule has 0 radical (unpaired) electrons. The number of fused-ring (bicyclic) bond motifs is 2. The lowest BCUT2D eigenvalue weighted by Gasteiger charge is -2.46. The number of benzene rings is 2. The third-order valence-electron chi connectivity index (χ3n) is 5.91. The van der Waals surface area contributed by atoms with Gasteiger partial charge in [0.2, 0.25) is 0 Å². The number of allylic oxidation sites excluding steroid dienone is 1. The molecule has 2 heterocycles. The summed E-state index contributed by atoms with van der Waals surface area (Å²) in [5.74, 6) is 0. The second-order valence-corrected chi connectivity index (χ2v) is 9.50. The molecule has 4 rings (SSSR count). The maximum Gasteiger partial charge on any atom is 0.0505 e. The van der Waals surface area contributed by atoms with E-state index in [-0.39, 0.29) is 16.5 Å². The topological polar surface area (TPSA) is 24.1 Å². The summed E-state index contributed by atoms with van der Waals surface area (Å²) in [7, 11) is 0. The minimum atomic E-state index is -0.00633. The minimum Gasteiger partial charge on any atom is -0.380 e. The quantitative estimate of drug-likeness (QED) is 0.643. The van der Waals surface area contributed by atoms with Crippen molar-refractivity contribution in [1.29, 1.82) is 0 Å². The van der Waals surface area contributed by atoms with E-state index in [4.69, 9.17) is 0 Å². The molecule has 2 N–H and O–H groups in total. The first kappa shape index (κ1) is 17.2. The van der Waals surface area contributed by atoms with E-state index in [9.17, 15) is 0 Å². The average Bonchev–Trinajstić information content (AvgIpc) is 2.52. The van der Waals surface area contributed by atoms with Gasteiger partial charge < -0.3 is 10.6 Å². The molecule has 0 spiro atoms. The van der Waals surface area contributed by atoms with E-state index in [1.54, 1.807) is 0 Å². The molecule has 0 fully saturated rings. The highest BCUT2D eigenvalue weighted by Crippen LogP contribution is 2.48. The number of anilines is 2. The van der Waals surface area contributed by atoms with Gasteiger partial charge in [-0.2, -0.15) is 0 Å². The van der Waals surface area contributed by atoms with E-state index < -0.39 is 0 Å². The summed E-state index contributed by atoms with van der Waals surface area (Å²) < 4.78 is 0. The normalized spacial score (nSPS) is 25.2. The molecule has 0 aliphatic carbocycles. The zero-order valence-electron chi connectivity index (χ0n) is 16.8. The lowest BCUT2D eigenvalue weighted by Crippen LogP contribution is -2.45. The van der Waals surface area contributed by atoms with Crippen LogP contribution in [0.2, 0.25) is 0 Å². The number of para-hydroxylation sites is 1. The van der Waals surface area contributed by atoms with Crippen LogP contribution in [-0.2, 0) is 5.41 Å². The molecule has 2 aromatic rings. The van der Waals surface area contributed by atoms with Gasteiger partial charge in [-0.05, 0) is 75.9 Å².